The minimum atomic E-state index is 0.0487. The minimum Gasteiger partial charge on any atom is -0.369 e. The maximum atomic E-state index is 4.80. The van der Waals surface area contributed by atoms with Crippen LogP contribution in [0.1, 0.15) is 37.9 Å². The highest BCUT2D eigenvalue weighted by Crippen LogP contribution is 2.37. The summed E-state index contributed by atoms with van der Waals surface area (Å²) in [4.78, 5) is 0. The summed E-state index contributed by atoms with van der Waals surface area (Å²) in [5, 5.41) is 8.33. The fraction of sp³-hybridized carbons (Fsp3) is 0.438. The van der Waals surface area contributed by atoms with Gasteiger partial charge in [0.05, 0.1) is 16.7 Å². The van der Waals surface area contributed by atoms with Gasteiger partial charge in [0, 0.05) is 17.9 Å². The molecule has 0 saturated carbocycles. The van der Waals surface area contributed by atoms with Gasteiger partial charge in [0.1, 0.15) is 5.82 Å². The van der Waals surface area contributed by atoms with Gasteiger partial charge < -0.3 is 5.32 Å². The fourth-order valence-corrected chi connectivity index (χ4v) is 3.68. The third-order valence-corrected chi connectivity index (χ3v) is 4.54. The van der Waals surface area contributed by atoms with Crippen LogP contribution in [-0.4, -0.2) is 16.3 Å². The molecule has 20 heavy (non-hydrogen) atoms. The van der Waals surface area contributed by atoms with Gasteiger partial charge in [-0.2, -0.15) is 5.10 Å². The third kappa shape index (κ3) is 2.37. The zero-order chi connectivity index (χ0) is 14.3. The van der Waals surface area contributed by atoms with Crippen molar-refractivity contribution in [1.29, 1.82) is 0 Å². The number of anilines is 1. The van der Waals surface area contributed by atoms with Crippen LogP contribution in [0, 0.1) is 0 Å². The van der Waals surface area contributed by atoms with Gasteiger partial charge in [-0.05, 0) is 21.5 Å². The molecule has 0 amide bonds. The highest BCUT2D eigenvalue weighted by atomic mass is 79.9. The molecule has 3 nitrogen and oxygen atoms in total. The first kappa shape index (κ1) is 13.7. The molecule has 106 valence electrons. The van der Waals surface area contributed by atoms with Crippen molar-refractivity contribution in [3.8, 4) is 0 Å². The van der Waals surface area contributed by atoms with Gasteiger partial charge in [-0.25, -0.2) is 4.68 Å². The molecule has 2 heterocycles. The maximum Gasteiger partial charge on any atom is 0.139 e. The van der Waals surface area contributed by atoms with Crippen molar-refractivity contribution in [1.82, 2.24) is 9.78 Å². The van der Waals surface area contributed by atoms with E-state index in [0.717, 1.165) is 29.1 Å². The zero-order valence-corrected chi connectivity index (χ0v) is 13.7. The molecule has 3 rings (SSSR count). The van der Waals surface area contributed by atoms with Gasteiger partial charge in [-0.1, -0.05) is 51.1 Å². The molecular formula is C16H20BrN3. The first-order valence-corrected chi connectivity index (χ1v) is 7.81. The van der Waals surface area contributed by atoms with Crippen molar-refractivity contribution in [2.75, 3.05) is 11.9 Å². The van der Waals surface area contributed by atoms with Crippen molar-refractivity contribution < 1.29 is 0 Å². The number of hydrogen-bond acceptors (Lipinski definition) is 2. The smallest absolute Gasteiger partial charge is 0.139 e. The van der Waals surface area contributed by atoms with Crippen LogP contribution in [0.3, 0.4) is 0 Å². The quantitative estimate of drug-likeness (QED) is 0.849. The monoisotopic (exact) mass is 333 g/mol. The van der Waals surface area contributed by atoms with Crippen LogP contribution in [-0.2, 0) is 12.0 Å². The lowest BCUT2D eigenvalue weighted by Gasteiger charge is -2.25. The summed E-state index contributed by atoms with van der Waals surface area (Å²) in [7, 11) is 0. The summed E-state index contributed by atoms with van der Waals surface area (Å²) in [6.45, 7) is 8.47. The van der Waals surface area contributed by atoms with E-state index in [2.05, 4.69) is 77.0 Å². The van der Waals surface area contributed by atoms with Crippen LogP contribution in [0.4, 0.5) is 5.82 Å². The molecule has 0 saturated heterocycles. The van der Waals surface area contributed by atoms with Crippen LogP contribution in [0.25, 0.3) is 0 Å². The van der Waals surface area contributed by atoms with E-state index in [1.165, 1.54) is 5.56 Å². The van der Waals surface area contributed by atoms with Crippen molar-refractivity contribution in [3.05, 3.63) is 46.1 Å². The number of aromatic nitrogens is 2. The van der Waals surface area contributed by atoms with E-state index in [1.54, 1.807) is 0 Å². The Balaban J connectivity index is 1.93. The topological polar surface area (TPSA) is 29.9 Å². The number of rotatable bonds is 1. The fourth-order valence-electron chi connectivity index (χ4n) is 2.66. The average Bonchev–Trinajstić information content (AvgIpc) is 2.77. The maximum absolute atomic E-state index is 4.80. The van der Waals surface area contributed by atoms with E-state index < -0.39 is 0 Å². The summed E-state index contributed by atoms with van der Waals surface area (Å²) in [6, 6.07) is 10.7. The Kier molecular flexibility index (Phi) is 3.36. The molecule has 1 aliphatic rings. The second-order valence-electron chi connectivity index (χ2n) is 6.43. The van der Waals surface area contributed by atoms with Crippen molar-refractivity contribution in [3.63, 3.8) is 0 Å². The first-order chi connectivity index (χ1) is 9.47. The molecule has 0 fully saturated rings. The summed E-state index contributed by atoms with van der Waals surface area (Å²) in [5.74, 6) is 1.59. The van der Waals surface area contributed by atoms with Crippen molar-refractivity contribution >= 4 is 21.7 Å². The van der Waals surface area contributed by atoms with Crippen LogP contribution < -0.4 is 5.32 Å². The number of halogens is 1. The number of fused-ring (bicyclic) bond motifs is 1. The molecule has 1 N–H and O–H groups in total. The number of benzene rings is 1. The van der Waals surface area contributed by atoms with E-state index in [0.29, 0.717) is 5.92 Å². The lowest BCUT2D eigenvalue weighted by molar-refractivity contribution is 0.483. The molecule has 1 atom stereocenters. The number of hydrogen-bond donors (Lipinski definition) is 1. The predicted molar refractivity (Wildman–Crippen MR) is 86.3 cm³/mol. The Morgan fingerprint density at radius 3 is 2.60 bits per heavy atom. The number of nitrogens with zero attached hydrogens (tertiary/aromatic N) is 2. The van der Waals surface area contributed by atoms with E-state index in [4.69, 9.17) is 5.10 Å². The second-order valence-corrected chi connectivity index (χ2v) is 7.22. The second kappa shape index (κ2) is 4.92. The van der Waals surface area contributed by atoms with E-state index in [9.17, 15) is 0 Å². The van der Waals surface area contributed by atoms with Crippen LogP contribution in [0.5, 0.6) is 0 Å². The Bertz CT molecular complexity index is 611. The minimum absolute atomic E-state index is 0.0487. The standard InChI is InChI=1S/C16H20BrN3/c1-16(2,3)14-13(17)15-18-9-12(10-20(15)19-14)11-7-5-4-6-8-11/h4-8,12,18H,9-10H2,1-3H3. The Morgan fingerprint density at radius 1 is 1.25 bits per heavy atom. The van der Waals surface area contributed by atoms with Crippen LogP contribution in [0.2, 0.25) is 0 Å². The molecule has 0 aliphatic carbocycles. The lowest BCUT2D eigenvalue weighted by atomic mass is 9.92. The highest BCUT2D eigenvalue weighted by Gasteiger charge is 2.29. The molecule has 0 radical (unpaired) electrons. The van der Waals surface area contributed by atoms with Crippen LogP contribution >= 0.6 is 15.9 Å². The largest absolute Gasteiger partial charge is 0.369 e. The highest BCUT2D eigenvalue weighted by molar-refractivity contribution is 9.10. The molecule has 1 unspecified atom stereocenters. The third-order valence-electron chi connectivity index (χ3n) is 3.79. The van der Waals surface area contributed by atoms with Gasteiger partial charge in [-0.15, -0.1) is 0 Å². The van der Waals surface area contributed by atoms with Gasteiger partial charge in [0.2, 0.25) is 0 Å². The Morgan fingerprint density at radius 2 is 1.95 bits per heavy atom. The lowest BCUT2D eigenvalue weighted by Crippen LogP contribution is -2.26. The zero-order valence-electron chi connectivity index (χ0n) is 12.2. The summed E-state index contributed by atoms with van der Waals surface area (Å²) in [5.41, 5.74) is 2.54. The average molecular weight is 334 g/mol. The Labute approximate surface area is 128 Å². The molecule has 0 spiro atoms. The molecule has 4 heteroatoms. The van der Waals surface area contributed by atoms with Gasteiger partial charge in [0.15, 0.2) is 0 Å². The normalized spacial score (nSPS) is 18.5. The van der Waals surface area contributed by atoms with Crippen molar-refractivity contribution in [2.24, 2.45) is 0 Å². The molecule has 1 aromatic heterocycles. The van der Waals surface area contributed by atoms with E-state index >= 15 is 0 Å². The SMILES string of the molecule is CC(C)(C)c1nn2c(c1Br)NCC(c1ccccc1)C2. The van der Waals surface area contributed by atoms with Crippen LogP contribution in [0.15, 0.2) is 34.8 Å². The van der Waals surface area contributed by atoms with Crippen molar-refractivity contribution in [2.45, 2.75) is 38.6 Å². The molecular weight excluding hydrogens is 314 g/mol. The van der Waals surface area contributed by atoms with Gasteiger partial charge in [-0.3, -0.25) is 0 Å². The van der Waals surface area contributed by atoms with E-state index in [-0.39, 0.29) is 5.41 Å². The molecule has 1 aliphatic heterocycles. The predicted octanol–water partition coefficient (Wildman–Crippen LogP) is 4.15. The number of nitrogens with one attached hydrogen (secondary N) is 1. The molecule has 0 bridgehead atoms. The van der Waals surface area contributed by atoms with E-state index in [1.807, 2.05) is 0 Å². The molecule has 1 aromatic carbocycles. The Hall–Kier alpha value is -1.29. The summed E-state index contributed by atoms with van der Waals surface area (Å²) < 4.78 is 3.21. The molecule has 2 aromatic rings. The summed E-state index contributed by atoms with van der Waals surface area (Å²) in [6.07, 6.45) is 0. The first-order valence-electron chi connectivity index (χ1n) is 7.02. The summed E-state index contributed by atoms with van der Waals surface area (Å²) >= 11 is 3.70. The van der Waals surface area contributed by atoms with Gasteiger partial charge in [0.25, 0.3) is 0 Å². The van der Waals surface area contributed by atoms with Gasteiger partial charge >= 0.3 is 0 Å².